The number of para-hydroxylation sites is 2. The molecule has 0 unspecified atom stereocenters. The molecule has 142 valence electrons. The monoisotopic (exact) mass is 378 g/mol. The molecule has 28 heavy (non-hydrogen) atoms. The number of esters is 1. The minimum atomic E-state index is -0.726. The molecule has 4 rings (SSSR count). The molecule has 0 aliphatic carbocycles. The van der Waals surface area contributed by atoms with Gasteiger partial charge in [0.2, 0.25) is 5.78 Å². The van der Waals surface area contributed by atoms with Crippen LogP contribution in [0, 0.1) is 0 Å². The van der Waals surface area contributed by atoms with Crippen LogP contribution in [0.2, 0.25) is 0 Å². The lowest BCUT2D eigenvalue weighted by atomic mass is 10.2. The number of amides is 1. The third-order valence-corrected chi connectivity index (χ3v) is 4.62. The maximum atomic E-state index is 12.3. The van der Waals surface area contributed by atoms with E-state index in [1.165, 1.54) is 18.5 Å². The van der Waals surface area contributed by atoms with E-state index in [9.17, 15) is 14.4 Å². The largest absolute Gasteiger partial charge is 0.453 e. The number of rotatable bonds is 5. The van der Waals surface area contributed by atoms with E-state index >= 15 is 0 Å². The van der Waals surface area contributed by atoms with Gasteiger partial charge in [-0.2, -0.15) is 0 Å². The molecule has 8 nitrogen and oxygen atoms in total. The number of H-pyrrole nitrogens is 1. The molecule has 0 radical (unpaired) electrons. The molecule has 0 bridgehead atoms. The summed E-state index contributed by atoms with van der Waals surface area (Å²) in [4.78, 5) is 49.7. The number of Topliss-reactive ketones (excluding diaryl/α,β-unsaturated/α-hetero) is 1. The van der Waals surface area contributed by atoms with Crippen LogP contribution in [0.3, 0.4) is 0 Å². The average Bonchev–Trinajstić information content (AvgIpc) is 3.43. The summed E-state index contributed by atoms with van der Waals surface area (Å²) in [6.07, 6.45) is 4.76. The fourth-order valence-electron chi connectivity index (χ4n) is 3.11. The van der Waals surface area contributed by atoms with Gasteiger partial charge in [0.25, 0.3) is 5.91 Å². The van der Waals surface area contributed by atoms with Crippen LogP contribution in [0.15, 0.2) is 42.7 Å². The first kappa shape index (κ1) is 17.8. The number of nitrogens with one attached hydrogen (secondary N) is 1. The van der Waals surface area contributed by atoms with Gasteiger partial charge in [-0.1, -0.05) is 12.1 Å². The van der Waals surface area contributed by atoms with Crippen LogP contribution in [0.25, 0.3) is 11.0 Å². The standard InChI is InChI=1S/C20H18N4O4/c25-18(13-9-16(21-10-13)19(26)24-7-3-4-8-24)12-28-20(27)17-11-22-14-5-1-2-6-15(14)23-17/h1-2,5-6,9-11,21H,3-4,7-8,12H2. The van der Waals surface area contributed by atoms with Crippen molar-refractivity contribution in [2.45, 2.75) is 12.8 Å². The van der Waals surface area contributed by atoms with Crippen LogP contribution in [0.5, 0.6) is 0 Å². The highest BCUT2D eigenvalue weighted by molar-refractivity contribution is 6.02. The van der Waals surface area contributed by atoms with Gasteiger partial charge in [0.1, 0.15) is 5.69 Å². The normalized spacial score (nSPS) is 13.6. The number of aromatic nitrogens is 3. The molecule has 8 heteroatoms. The van der Waals surface area contributed by atoms with Crippen molar-refractivity contribution in [2.24, 2.45) is 0 Å². The summed E-state index contributed by atoms with van der Waals surface area (Å²) in [6.45, 7) is 1.01. The first-order valence-electron chi connectivity index (χ1n) is 9.01. The Balaban J connectivity index is 1.38. The Bertz CT molecular complexity index is 1050. The van der Waals surface area contributed by atoms with Crippen LogP contribution < -0.4 is 0 Å². The van der Waals surface area contributed by atoms with Crippen molar-refractivity contribution in [1.82, 2.24) is 19.9 Å². The maximum Gasteiger partial charge on any atom is 0.359 e. The Kier molecular flexibility index (Phi) is 4.84. The summed E-state index contributed by atoms with van der Waals surface area (Å²) in [5, 5.41) is 0. The molecule has 1 aromatic carbocycles. The first-order valence-corrected chi connectivity index (χ1v) is 9.01. The van der Waals surface area contributed by atoms with E-state index in [4.69, 9.17) is 4.74 Å². The number of nitrogens with zero attached hydrogens (tertiary/aromatic N) is 3. The van der Waals surface area contributed by atoms with Crippen molar-refractivity contribution >= 4 is 28.7 Å². The highest BCUT2D eigenvalue weighted by Crippen LogP contribution is 2.14. The fraction of sp³-hybridized carbons (Fsp3) is 0.250. The lowest BCUT2D eigenvalue weighted by molar-refractivity contribution is 0.0469. The summed E-state index contributed by atoms with van der Waals surface area (Å²) in [6, 6.07) is 8.64. The van der Waals surface area contributed by atoms with E-state index in [0.717, 1.165) is 25.9 Å². The average molecular weight is 378 g/mol. The van der Waals surface area contributed by atoms with E-state index in [2.05, 4.69) is 15.0 Å². The fourth-order valence-corrected chi connectivity index (χ4v) is 3.11. The number of carbonyl (C=O) groups is 3. The van der Waals surface area contributed by atoms with Gasteiger partial charge in [-0.25, -0.2) is 9.78 Å². The van der Waals surface area contributed by atoms with Crippen molar-refractivity contribution in [3.8, 4) is 0 Å². The number of hydrogen-bond donors (Lipinski definition) is 1. The molecule has 1 aliphatic rings. The Labute approximate surface area is 160 Å². The van der Waals surface area contributed by atoms with Crippen molar-refractivity contribution in [3.05, 3.63) is 59.7 Å². The van der Waals surface area contributed by atoms with Gasteiger partial charge < -0.3 is 14.6 Å². The molecule has 1 N–H and O–H groups in total. The number of hydrogen-bond acceptors (Lipinski definition) is 6. The molecule has 0 saturated carbocycles. The second kappa shape index (κ2) is 7.59. The molecule has 1 amide bonds. The quantitative estimate of drug-likeness (QED) is 0.539. The molecule has 3 heterocycles. The van der Waals surface area contributed by atoms with E-state index < -0.39 is 18.4 Å². The second-order valence-corrected chi connectivity index (χ2v) is 6.54. The first-order chi connectivity index (χ1) is 13.6. The van der Waals surface area contributed by atoms with Crippen molar-refractivity contribution < 1.29 is 19.1 Å². The lowest BCUT2D eigenvalue weighted by Gasteiger charge is -2.13. The predicted molar refractivity (Wildman–Crippen MR) is 100 cm³/mol. The topological polar surface area (TPSA) is 105 Å². The Hall–Kier alpha value is -3.55. The van der Waals surface area contributed by atoms with Crippen molar-refractivity contribution in [3.63, 3.8) is 0 Å². The number of ether oxygens (including phenoxy) is 1. The molecule has 1 fully saturated rings. The van der Waals surface area contributed by atoms with Crippen LogP contribution in [-0.2, 0) is 4.74 Å². The van der Waals surface area contributed by atoms with Crippen LogP contribution in [0.1, 0.15) is 44.2 Å². The summed E-state index contributed by atoms with van der Waals surface area (Å²) in [5.41, 5.74) is 1.92. The Morgan fingerprint density at radius 3 is 2.64 bits per heavy atom. The molecular formula is C20H18N4O4. The third-order valence-electron chi connectivity index (χ3n) is 4.62. The second-order valence-electron chi connectivity index (χ2n) is 6.54. The van der Waals surface area contributed by atoms with Gasteiger partial charge in [-0.3, -0.25) is 14.6 Å². The minimum Gasteiger partial charge on any atom is -0.453 e. The zero-order valence-corrected chi connectivity index (χ0v) is 15.1. The molecule has 1 saturated heterocycles. The summed E-state index contributed by atoms with van der Waals surface area (Å²) >= 11 is 0. The minimum absolute atomic E-state index is 0.0328. The molecule has 2 aromatic heterocycles. The van der Waals surface area contributed by atoms with Crippen LogP contribution >= 0.6 is 0 Å². The molecule has 3 aromatic rings. The molecule has 1 aliphatic heterocycles. The number of likely N-dealkylation sites (tertiary alicyclic amines) is 1. The number of benzene rings is 1. The highest BCUT2D eigenvalue weighted by Gasteiger charge is 2.22. The van der Waals surface area contributed by atoms with Crippen LogP contribution in [0.4, 0.5) is 0 Å². The Morgan fingerprint density at radius 1 is 1.11 bits per heavy atom. The van der Waals surface area contributed by atoms with Gasteiger partial charge in [0, 0.05) is 24.8 Å². The van der Waals surface area contributed by atoms with E-state index in [0.29, 0.717) is 22.3 Å². The van der Waals surface area contributed by atoms with Crippen LogP contribution in [-0.4, -0.2) is 57.2 Å². The van der Waals surface area contributed by atoms with E-state index in [1.807, 2.05) is 6.07 Å². The third kappa shape index (κ3) is 3.62. The maximum absolute atomic E-state index is 12.3. The zero-order chi connectivity index (χ0) is 19.5. The smallest absolute Gasteiger partial charge is 0.359 e. The highest BCUT2D eigenvalue weighted by atomic mass is 16.5. The zero-order valence-electron chi connectivity index (χ0n) is 15.1. The summed E-state index contributed by atoms with van der Waals surface area (Å²) < 4.78 is 5.06. The summed E-state index contributed by atoms with van der Waals surface area (Å²) in [7, 11) is 0. The van der Waals surface area contributed by atoms with Gasteiger partial charge in [0.15, 0.2) is 12.3 Å². The molecule has 0 spiro atoms. The SMILES string of the molecule is O=C(COC(=O)c1cnc2ccccc2n1)c1c[nH]c(C(=O)N2CCCC2)c1. The van der Waals surface area contributed by atoms with Gasteiger partial charge in [-0.05, 0) is 31.0 Å². The molecular weight excluding hydrogens is 360 g/mol. The lowest BCUT2D eigenvalue weighted by Crippen LogP contribution is -2.27. The summed E-state index contributed by atoms with van der Waals surface area (Å²) in [5.74, 6) is -1.26. The molecule has 0 atom stereocenters. The van der Waals surface area contributed by atoms with E-state index in [-0.39, 0.29) is 11.6 Å². The van der Waals surface area contributed by atoms with Gasteiger partial charge in [0.05, 0.1) is 17.2 Å². The van der Waals surface area contributed by atoms with Crippen molar-refractivity contribution in [1.29, 1.82) is 0 Å². The number of ketones is 1. The number of aromatic amines is 1. The number of carbonyl (C=O) groups excluding carboxylic acids is 3. The van der Waals surface area contributed by atoms with E-state index in [1.54, 1.807) is 23.1 Å². The van der Waals surface area contributed by atoms with Crippen molar-refractivity contribution in [2.75, 3.05) is 19.7 Å². The van der Waals surface area contributed by atoms with Gasteiger partial charge in [-0.15, -0.1) is 0 Å². The Morgan fingerprint density at radius 2 is 1.86 bits per heavy atom. The predicted octanol–water partition coefficient (Wildman–Crippen LogP) is 2.23. The number of fused-ring (bicyclic) bond motifs is 1. The van der Waals surface area contributed by atoms with Gasteiger partial charge >= 0.3 is 5.97 Å².